The summed E-state index contributed by atoms with van der Waals surface area (Å²) in [7, 11) is 2.00. The van der Waals surface area contributed by atoms with Crippen LogP contribution >= 0.6 is 12.2 Å². The topological polar surface area (TPSA) is 49.5 Å². The van der Waals surface area contributed by atoms with E-state index in [1.54, 1.807) is 0 Å². The van der Waals surface area contributed by atoms with Crippen LogP contribution in [0.2, 0.25) is 0 Å². The normalized spacial score (nSPS) is 28.6. The highest BCUT2D eigenvalue weighted by atomic mass is 32.1. The van der Waals surface area contributed by atoms with E-state index in [0.717, 1.165) is 19.4 Å². The summed E-state index contributed by atoms with van der Waals surface area (Å²) in [5.74, 6) is 0.638. The smallest absolute Gasteiger partial charge is 0.0869 e. The third-order valence-electron chi connectivity index (χ3n) is 2.21. The largest absolute Gasteiger partial charge is 0.393 e. The molecule has 1 aliphatic carbocycles. The quantitative estimate of drug-likeness (QED) is 0.609. The molecule has 0 aromatic heterocycles. The summed E-state index contributed by atoms with van der Waals surface area (Å²) in [6.07, 6.45) is 1.80. The second kappa shape index (κ2) is 4.16. The number of thiocarbonyl (C=S) groups is 1. The van der Waals surface area contributed by atoms with E-state index in [2.05, 4.69) is 4.90 Å². The van der Waals surface area contributed by atoms with Gasteiger partial charge in [0.05, 0.1) is 11.1 Å². The number of likely N-dealkylation sites (N-methyl/N-ethyl adjacent to an activating group) is 1. The van der Waals surface area contributed by atoms with Gasteiger partial charge in [0.2, 0.25) is 0 Å². The molecule has 0 saturated heterocycles. The highest BCUT2D eigenvalue weighted by Gasteiger charge is 2.27. The molecule has 1 fully saturated rings. The minimum Gasteiger partial charge on any atom is -0.393 e. The number of aliphatic hydroxyl groups is 1. The summed E-state index contributed by atoms with van der Waals surface area (Å²) in [6, 6.07) is 0. The van der Waals surface area contributed by atoms with Crippen LogP contribution < -0.4 is 5.73 Å². The molecule has 70 valence electrons. The van der Waals surface area contributed by atoms with Crippen LogP contribution in [-0.4, -0.2) is 41.2 Å². The van der Waals surface area contributed by atoms with Gasteiger partial charge in [-0.25, -0.2) is 0 Å². The minimum absolute atomic E-state index is 0.0618. The Morgan fingerprint density at radius 1 is 1.67 bits per heavy atom. The predicted octanol–water partition coefficient (Wildman–Crippen LogP) is -0.0248. The highest BCUT2D eigenvalue weighted by Crippen LogP contribution is 2.27. The van der Waals surface area contributed by atoms with Gasteiger partial charge in [0.1, 0.15) is 0 Å². The molecular weight excluding hydrogens is 172 g/mol. The predicted molar refractivity (Wildman–Crippen MR) is 53.0 cm³/mol. The van der Waals surface area contributed by atoms with Gasteiger partial charge in [0.15, 0.2) is 0 Å². The Hall–Kier alpha value is -0.190. The molecule has 0 aromatic carbocycles. The molecule has 0 atom stereocenters. The molecule has 0 aliphatic heterocycles. The van der Waals surface area contributed by atoms with E-state index in [1.807, 2.05) is 7.05 Å². The molecule has 1 aliphatic rings. The highest BCUT2D eigenvalue weighted by molar-refractivity contribution is 7.80. The van der Waals surface area contributed by atoms with Gasteiger partial charge < -0.3 is 10.8 Å². The zero-order chi connectivity index (χ0) is 9.14. The molecule has 0 bridgehead atoms. The lowest BCUT2D eigenvalue weighted by atomic mass is 9.82. The fourth-order valence-electron chi connectivity index (χ4n) is 1.62. The van der Waals surface area contributed by atoms with Crippen molar-refractivity contribution in [2.24, 2.45) is 11.7 Å². The lowest BCUT2D eigenvalue weighted by Crippen LogP contribution is -2.39. The molecule has 3 nitrogen and oxygen atoms in total. The van der Waals surface area contributed by atoms with Gasteiger partial charge in [-0.05, 0) is 25.8 Å². The van der Waals surface area contributed by atoms with Crippen LogP contribution in [0, 0.1) is 5.92 Å². The van der Waals surface area contributed by atoms with E-state index in [0.29, 0.717) is 17.5 Å². The van der Waals surface area contributed by atoms with Crippen molar-refractivity contribution >= 4 is 17.2 Å². The molecule has 0 unspecified atom stereocenters. The van der Waals surface area contributed by atoms with Crippen molar-refractivity contribution in [2.75, 3.05) is 20.1 Å². The van der Waals surface area contributed by atoms with Crippen molar-refractivity contribution in [2.45, 2.75) is 18.9 Å². The van der Waals surface area contributed by atoms with Gasteiger partial charge in [-0.1, -0.05) is 12.2 Å². The van der Waals surface area contributed by atoms with Crippen molar-refractivity contribution in [3.8, 4) is 0 Å². The van der Waals surface area contributed by atoms with Crippen molar-refractivity contribution in [3.05, 3.63) is 0 Å². The number of aliphatic hydroxyl groups excluding tert-OH is 1. The van der Waals surface area contributed by atoms with Crippen molar-refractivity contribution < 1.29 is 5.11 Å². The summed E-state index contributed by atoms with van der Waals surface area (Å²) < 4.78 is 0. The van der Waals surface area contributed by atoms with Crippen molar-refractivity contribution in [3.63, 3.8) is 0 Å². The van der Waals surface area contributed by atoms with Crippen LogP contribution in [0.5, 0.6) is 0 Å². The Balaban J connectivity index is 2.10. The molecule has 12 heavy (non-hydrogen) atoms. The average molecular weight is 188 g/mol. The van der Waals surface area contributed by atoms with Gasteiger partial charge in [0, 0.05) is 13.1 Å². The summed E-state index contributed by atoms with van der Waals surface area (Å²) >= 11 is 4.79. The number of nitrogens with two attached hydrogens (primary N) is 1. The van der Waals surface area contributed by atoms with E-state index in [4.69, 9.17) is 23.1 Å². The standard InChI is InChI=1S/C8H16N2OS/c1-10(5-8(9)12)4-6-2-7(11)3-6/h6-7,11H,2-5H2,1H3,(H2,9,12). The molecule has 0 spiro atoms. The minimum atomic E-state index is -0.0618. The zero-order valence-corrected chi connectivity index (χ0v) is 8.18. The maximum atomic E-state index is 9.04. The SMILES string of the molecule is CN(CC(N)=S)CC1CC(O)C1. The average Bonchev–Trinajstić information content (AvgIpc) is 1.82. The Labute approximate surface area is 78.5 Å². The van der Waals surface area contributed by atoms with Gasteiger partial charge >= 0.3 is 0 Å². The molecule has 0 amide bonds. The molecule has 0 heterocycles. The van der Waals surface area contributed by atoms with E-state index in [1.165, 1.54) is 0 Å². The maximum absolute atomic E-state index is 9.04. The van der Waals surface area contributed by atoms with E-state index < -0.39 is 0 Å². The van der Waals surface area contributed by atoms with Crippen LogP contribution in [0.3, 0.4) is 0 Å². The van der Waals surface area contributed by atoms with Crippen LogP contribution in [0.4, 0.5) is 0 Å². The molecule has 4 heteroatoms. The fourth-order valence-corrected chi connectivity index (χ4v) is 1.84. The zero-order valence-electron chi connectivity index (χ0n) is 7.36. The second-order valence-electron chi connectivity index (χ2n) is 3.65. The second-order valence-corrected chi connectivity index (χ2v) is 4.18. The molecule has 0 aromatic rings. The third kappa shape index (κ3) is 3.05. The molecule has 0 radical (unpaired) electrons. The van der Waals surface area contributed by atoms with Gasteiger partial charge in [-0.2, -0.15) is 0 Å². The number of hydrogen-bond acceptors (Lipinski definition) is 3. The summed E-state index contributed by atoms with van der Waals surface area (Å²) in [4.78, 5) is 2.65. The van der Waals surface area contributed by atoms with Gasteiger partial charge in [-0.3, -0.25) is 4.90 Å². The number of hydrogen-bond donors (Lipinski definition) is 2. The maximum Gasteiger partial charge on any atom is 0.0869 e. The molecular formula is C8H16N2OS. The van der Waals surface area contributed by atoms with E-state index in [9.17, 15) is 0 Å². The first-order valence-corrected chi connectivity index (χ1v) is 4.63. The summed E-state index contributed by atoms with van der Waals surface area (Å²) in [5.41, 5.74) is 5.40. The first-order valence-electron chi connectivity index (χ1n) is 4.23. The lowest BCUT2D eigenvalue weighted by molar-refractivity contribution is 0.0303. The van der Waals surface area contributed by atoms with Crippen LogP contribution in [0.15, 0.2) is 0 Å². The monoisotopic (exact) mass is 188 g/mol. The molecule has 1 saturated carbocycles. The van der Waals surface area contributed by atoms with Crippen molar-refractivity contribution in [1.82, 2.24) is 4.90 Å². The van der Waals surface area contributed by atoms with E-state index in [-0.39, 0.29) is 6.10 Å². The fraction of sp³-hybridized carbons (Fsp3) is 0.875. The third-order valence-corrected chi connectivity index (χ3v) is 2.34. The number of nitrogens with zero attached hydrogens (tertiary/aromatic N) is 1. The molecule has 3 N–H and O–H groups in total. The Morgan fingerprint density at radius 2 is 2.25 bits per heavy atom. The van der Waals surface area contributed by atoms with Crippen LogP contribution in [0.25, 0.3) is 0 Å². The van der Waals surface area contributed by atoms with Gasteiger partial charge in [-0.15, -0.1) is 0 Å². The Bertz CT molecular complexity index is 168. The first kappa shape index (κ1) is 9.89. The van der Waals surface area contributed by atoms with Gasteiger partial charge in [0.25, 0.3) is 0 Å². The summed E-state index contributed by atoms with van der Waals surface area (Å²) in [5, 5.41) is 9.04. The lowest BCUT2D eigenvalue weighted by Gasteiger charge is -2.34. The first-order chi connectivity index (χ1) is 5.58. The van der Waals surface area contributed by atoms with Crippen molar-refractivity contribution in [1.29, 1.82) is 0 Å². The Morgan fingerprint density at radius 3 is 2.67 bits per heavy atom. The van der Waals surface area contributed by atoms with Crippen LogP contribution in [-0.2, 0) is 0 Å². The number of rotatable bonds is 4. The molecule has 1 rings (SSSR count). The summed E-state index contributed by atoms with van der Waals surface area (Å²) in [6.45, 7) is 1.68. The van der Waals surface area contributed by atoms with Crippen LogP contribution in [0.1, 0.15) is 12.8 Å². The van der Waals surface area contributed by atoms with E-state index >= 15 is 0 Å². The Kier molecular flexibility index (Phi) is 3.43.